The van der Waals surface area contributed by atoms with Crippen LogP contribution in [0.2, 0.25) is 0 Å². The number of hydrogen-bond acceptors (Lipinski definition) is 3. The highest BCUT2D eigenvalue weighted by molar-refractivity contribution is 5.08. The molecule has 0 bridgehead atoms. The molecule has 13 heavy (non-hydrogen) atoms. The van der Waals surface area contributed by atoms with Crippen molar-refractivity contribution < 1.29 is 4.74 Å². The Balaban J connectivity index is 1.67. The van der Waals surface area contributed by atoms with Gasteiger partial charge in [0.05, 0.1) is 19.3 Å². The van der Waals surface area contributed by atoms with E-state index < -0.39 is 0 Å². The Bertz CT molecular complexity index is 246. The van der Waals surface area contributed by atoms with Gasteiger partial charge in [0.1, 0.15) is 0 Å². The number of aromatic nitrogens is 1. The van der Waals surface area contributed by atoms with E-state index in [-0.39, 0.29) is 0 Å². The second-order valence-electron chi connectivity index (χ2n) is 3.30. The highest BCUT2D eigenvalue weighted by Crippen LogP contribution is 2.00. The average Bonchev–Trinajstić information content (AvgIpc) is 2.11. The molecule has 3 nitrogen and oxygen atoms in total. The maximum absolute atomic E-state index is 5.06. The lowest BCUT2D eigenvalue weighted by atomic mass is 10.2. The van der Waals surface area contributed by atoms with Gasteiger partial charge >= 0.3 is 0 Å². The molecule has 2 heterocycles. The summed E-state index contributed by atoms with van der Waals surface area (Å²) < 4.78 is 5.06. The Kier molecular flexibility index (Phi) is 2.90. The molecule has 0 radical (unpaired) electrons. The zero-order chi connectivity index (χ0) is 8.93. The van der Waals surface area contributed by atoms with Gasteiger partial charge in [-0.2, -0.15) is 0 Å². The minimum Gasteiger partial charge on any atom is -0.378 e. The monoisotopic (exact) mass is 178 g/mol. The van der Waals surface area contributed by atoms with Crippen LogP contribution < -0.4 is 5.32 Å². The number of rotatable bonds is 4. The fraction of sp³-hybridized carbons (Fsp3) is 0.500. The van der Waals surface area contributed by atoms with E-state index in [0.717, 1.165) is 26.2 Å². The maximum Gasteiger partial charge on any atom is 0.0643 e. The van der Waals surface area contributed by atoms with Gasteiger partial charge in [0.15, 0.2) is 0 Å². The van der Waals surface area contributed by atoms with E-state index in [4.69, 9.17) is 4.74 Å². The fourth-order valence-electron chi connectivity index (χ4n) is 1.32. The topological polar surface area (TPSA) is 34.2 Å². The molecule has 1 saturated heterocycles. The quantitative estimate of drug-likeness (QED) is 0.733. The summed E-state index contributed by atoms with van der Waals surface area (Å²) >= 11 is 0. The third-order valence-corrected chi connectivity index (χ3v) is 2.21. The van der Waals surface area contributed by atoms with Crippen molar-refractivity contribution in [1.82, 2.24) is 10.3 Å². The minimum atomic E-state index is 0.580. The summed E-state index contributed by atoms with van der Waals surface area (Å²) in [7, 11) is 0. The maximum atomic E-state index is 5.06. The second kappa shape index (κ2) is 4.35. The lowest BCUT2D eigenvalue weighted by Crippen LogP contribution is -2.46. The van der Waals surface area contributed by atoms with Crippen LogP contribution in [0.3, 0.4) is 0 Å². The number of nitrogens with zero attached hydrogens (tertiary/aromatic N) is 1. The van der Waals surface area contributed by atoms with E-state index >= 15 is 0 Å². The second-order valence-corrected chi connectivity index (χ2v) is 3.30. The molecule has 1 N–H and O–H groups in total. The molecule has 0 aliphatic carbocycles. The van der Waals surface area contributed by atoms with Crippen LogP contribution in [0.15, 0.2) is 24.5 Å². The first-order chi connectivity index (χ1) is 6.45. The summed E-state index contributed by atoms with van der Waals surface area (Å²) in [5.74, 6) is 0. The van der Waals surface area contributed by atoms with Crippen LogP contribution in [0, 0.1) is 0 Å². The van der Waals surface area contributed by atoms with Gasteiger partial charge in [-0.15, -0.1) is 0 Å². The van der Waals surface area contributed by atoms with Crippen molar-refractivity contribution in [3.8, 4) is 0 Å². The van der Waals surface area contributed by atoms with Crippen molar-refractivity contribution in [3.63, 3.8) is 0 Å². The third-order valence-electron chi connectivity index (χ3n) is 2.21. The minimum absolute atomic E-state index is 0.580. The molecule has 0 aromatic carbocycles. The molecule has 1 fully saturated rings. The SMILES string of the molecule is c1cncc(CCNC2COC2)c1. The van der Waals surface area contributed by atoms with Crippen molar-refractivity contribution >= 4 is 0 Å². The van der Waals surface area contributed by atoms with Crippen molar-refractivity contribution in [2.24, 2.45) is 0 Å². The van der Waals surface area contributed by atoms with Crippen LogP contribution in [0.1, 0.15) is 5.56 Å². The molecule has 0 unspecified atom stereocenters. The van der Waals surface area contributed by atoms with E-state index in [9.17, 15) is 0 Å². The molecule has 70 valence electrons. The van der Waals surface area contributed by atoms with E-state index in [2.05, 4.69) is 16.4 Å². The molecular weight excluding hydrogens is 164 g/mol. The summed E-state index contributed by atoms with van der Waals surface area (Å²) in [6.07, 6.45) is 4.76. The van der Waals surface area contributed by atoms with Gasteiger partial charge in [0.25, 0.3) is 0 Å². The third kappa shape index (κ3) is 2.50. The molecule has 0 saturated carbocycles. The largest absolute Gasteiger partial charge is 0.378 e. The van der Waals surface area contributed by atoms with Gasteiger partial charge in [0, 0.05) is 12.4 Å². The first-order valence-electron chi connectivity index (χ1n) is 4.65. The van der Waals surface area contributed by atoms with Crippen LogP contribution in [-0.2, 0) is 11.2 Å². The molecule has 1 aliphatic heterocycles. The molecule has 3 heteroatoms. The Morgan fingerprint density at radius 1 is 1.54 bits per heavy atom. The number of nitrogens with one attached hydrogen (secondary N) is 1. The normalized spacial score (nSPS) is 16.9. The van der Waals surface area contributed by atoms with E-state index in [1.54, 1.807) is 6.20 Å². The molecule has 0 atom stereocenters. The van der Waals surface area contributed by atoms with Gasteiger partial charge in [-0.05, 0) is 24.6 Å². The van der Waals surface area contributed by atoms with Gasteiger partial charge < -0.3 is 10.1 Å². The standard InChI is InChI=1S/C10H14N2O/c1-2-9(6-11-4-1)3-5-12-10-7-13-8-10/h1-2,4,6,10,12H,3,5,7-8H2. The molecule has 1 aromatic heterocycles. The van der Waals surface area contributed by atoms with Crippen LogP contribution >= 0.6 is 0 Å². The number of pyridine rings is 1. The Hall–Kier alpha value is -0.930. The van der Waals surface area contributed by atoms with E-state index in [1.807, 2.05) is 12.3 Å². The molecule has 0 spiro atoms. The smallest absolute Gasteiger partial charge is 0.0643 e. The highest BCUT2D eigenvalue weighted by Gasteiger charge is 2.16. The molecular formula is C10H14N2O. The van der Waals surface area contributed by atoms with Gasteiger partial charge in [-0.3, -0.25) is 4.98 Å². The Morgan fingerprint density at radius 2 is 2.46 bits per heavy atom. The highest BCUT2D eigenvalue weighted by atomic mass is 16.5. The lowest BCUT2D eigenvalue weighted by molar-refractivity contribution is -0.00467. The number of hydrogen-bond donors (Lipinski definition) is 1. The van der Waals surface area contributed by atoms with Gasteiger partial charge in [-0.1, -0.05) is 6.07 Å². The van der Waals surface area contributed by atoms with Crippen molar-refractivity contribution in [1.29, 1.82) is 0 Å². The zero-order valence-electron chi connectivity index (χ0n) is 7.57. The van der Waals surface area contributed by atoms with Gasteiger partial charge in [-0.25, -0.2) is 0 Å². The van der Waals surface area contributed by atoms with Crippen molar-refractivity contribution in [2.75, 3.05) is 19.8 Å². The Labute approximate surface area is 78.1 Å². The lowest BCUT2D eigenvalue weighted by Gasteiger charge is -2.26. The zero-order valence-corrected chi connectivity index (χ0v) is 7.57. The first-order valence-corrected chi connectivity index (χ1v) is 4.65. The molecule has 2 rings (SSSR count). The predicted molar refractivity (Wildman–Crippen MR) is 50.6 cm³/mol. The van der Waals surface area contributed by atoms with Crippen LogP contribution in [0.4, 0.5) is 0 Å². The van der Waals surface area contributed by atoms with Crippen molar-refractivity contribution in [3.05, 3.63) is 30.1 Å². The van der Waals surface area contributed by atoms with E-state index in [1.165, 1.54) is 5.56 Å². The molecule has 1 aliphatic rings. The fourth-order valence-corrected chi connectivity index (χ4v) is 1.32. The summed E-state index contributed by atoms with van der Waals surface area (Å²) in [6.45, 7) is 2.75. The first kappa shape index (κ1) is 8.66. The summed E-state index contributed by atoms with van der Waals surface area (Å²) in [5, 5.41) is 3.41. The van der Waals surface area contributed by atoms with Crippen LogP contribution in [0.5, 0.6) is 0 Å². The average molecular weight is 178 g/mol. The van der Waals surface area contributed by atoms with Crippen molar-refractivity contribution in [2.45, 2.75) is 12.5 Å². The Morgan fingerprint density at radius 3 is 3.08 bits per heavy atom. The van der Waals surface area contributed by atoms with Crippen LogP contribution in [0.25, 0.3) is 0 Å². The predicted octanol–water partition coefficient (Wildman–Crippen LogP) is 0.612. The number of ether oxygens (including phenoxy) is 1. The van der Waals surface area contributed by atoms with Gasteiger partial charge in [0.2, 0.25) is 0 Å². The van der Waals surface area contributed by atoms with E-state index in [0.29, 0.717) is 6.04 Å². The molecule has 0 amide bonds. The van der Waals surface area contributed by atoms with Crippen LogP contribution in [-0.4, -0.2) is 30.8 Å². The summed E-state index contributed by atoms with van der Waals surface area (Å²) in [6, 6.07) is 4.66. The summed E-state index contributed by atoms with van der Waals surface area (Å²) in [4.78, 5) is 4.06. The summed E-state index contributed by atoms with van der Waals surface area (Å²) in [5.41, 5.74) is 1.29. The molecule has 1 aromatic rings.